The van der Waals surface area contributed by atoms with E-state index in [1.807, 2.05) is 0 Å². The van der Waals surface area contributed by atoms with Crippen LogP contribution in [-0.4, -0.2) is 24.0 Å². The van der Waals surface area contributed by atoms with Crippen molar-refractivity contribution < 1.29 is 0 Å². The molecule has 1 nitrogen and oxygen atoms in total. The average Bonchev–Trinajstić information content (AvgIpc) is 2.74. The molecule has 0 amide bonds. The van der Waals surface area contributed by atoms with E-state index in [1.165, 1.54) is 6.54 Å². The third-order valence-corrected chi connectivity index (χ3v) is 5.65. The van der Waals surface area contributed by atoms with Crippen molar-refractivity contribution in [2.45, 2.75) is 37.6 Å². The van der Waals surface area contributed by atoms with Crippen LogP contribution in [0.1, 0.15) is 32.1 Å². The van der Waals surface area contributed by atoms with Crippen LogP contribution in [0.25, 0.3) is 0 Å². The molecule has 1 heteroatoms. The molecular formula is C12H19N. The standard InChI is InChI=1S/C12H19N/c1-13-7-12(13)10-3-8-2-9(5-10)6-11(12)4-8/h8-11H,2-7H2,1H3. The molecule has 1 aliphatic heterocycles. The maximum atomic E-state index is 2.65. The zero-order valence-electron chi connectivity index (χ0n) is 8.50. The fourth-order valence-electron chi connectivity index (χ4n) is 5.23. The van der Waals surface area contributed by atoms with Gasteiger partial charge in [0.25, 0.3) is 0 Å². The van der Waals surface area contributed by atoms with Crippen LogP contribution in [0.5, 0.6) is 0 Å². The SMILES string of the molecule is CN1CC12C1CC3CC(C1)CC2C3. The van der Waals surface area contributed by atoms with Gasteiger partial charge in [0.05, 0.1) is 0 Å². The van der Waals surface area contributed by atoms with E-state index in [4.69, 9.17) is 0 Å². The van der Waals surface area contributed by atoms with Gasteiger partial charge in [0.2, 0.25) is 0 Å². The molecule has 1 heterocycles. The summed E-state index contributed by atoms with van der Waals surface area (Å²) < 4.78 is 0. The third-order valence-electron chi connectivity index (χ3n) is 5.65. The van der Waals surface area contributed by atoms with E-state index in [2.05, 4.69) is 11.9 Å². The lowest BCUT2D eigenvalue weighted by Gasteiger charge is -2.55. The number of hydrogen-bond acceptors (Lipinski definition) is 1. The zero-order chi connectivity index (χ0) is 8.63. The maximum Gasteiger partial charge on any atom is 0.0390 e. The van der Waals surface area contributed by atoms with E-state index in [9.17, 15) is 0 Å². The summed E-state index contributed by atoms with van der Waals surface area (Å²) in [5.74, 6) is 4.49. The lowest BCUT2D eigenvalue weighted by molar-refractivity contribution is -0.0311. The van der Waals surface area contributed by atoms with Gasteiger partial charge in [-0.15, -0.1) is 0 Å². The molecule has 72 valence electrons. The second-order valence-electron chi connectivity index (χ2n) is 6.15. The van der Waals surface area contributed by atoms with Crippen molar-refractivity contribution >= 4 is 0 Å². The summed E-state index contributed by atoms with van der Waals surface area (Å²) in [5.41, 5.74) is 0.743. The van der Waals surface area contributed by atoms with Gasteiger partial charge in [-0.25, -0.2) is 0 Å². The van der Waals surface area contributed by atoms with Crippen LogP contribution in [0.4, 0.5) is 0 Å². The predicted molar refractivity (Wildman–Crippen MR) is 52.4 cm³/mol. The van der Waals surface area contributed by atoms with E-state index in [0.717, 1.165) is 29.2 Å². The van der Waals surface area contributed by atoms with Crippen molar-refractivity contribution in [1.82, 2.24) is 4.90 Å². The Kier molecular flexibility index (Phi) is 1.11. The number of nitrogens with zero attached hydrogens (tertiary/aromatic N) is 1. The highest BCUT2D eigenvalue weighted by molar-refractivity contribution is 5.20. The van der Waals surface area contributed by atoms with Crippen molar-refractivity contribution in [1.29, 1.82) is 0 Å². The second-order valence-corrected chi connectivity index (χ2v) is 6.15. The third kappa shape index (κ3) is 0.707. The highest BCUT2D eigenvalue weighted by Crippen LogP contribution is 2.64. The van der Waals surface area contributed by atoms with Crippen LogP contribution in [0.3, 0.4) is 0 Å². The molecule has 0 N–H and O–H groups in total. The molecule has 0 aromatic rings. The second kappa shape index (κ2) is 1.98. The molecule has 0 aromatic heterocycles. The van der Waals surface area contributed by atoms with Crippen molar-refractivity contribution in [3.05, 3.63) is 0 Å². The van der Waals surface area contributed by atoms with Crippen LogP contribution >= 0.6 is 0 Å². The Morgan fingerprint density at radius 2 is 1.38 bits per heavy atom. The molecule has 4 saturated carbocycles. The Labute approximate surface area is 80.5 Å². The molecule has 1 saturated heterocycles. The average molecular weight is 177 g/mol. The summed E-state index contributed by atoms with van der Waals surface area (Å²) in [6.07, 6.45) is 7.91. The minimum atomic E-state index is 0.743. The monoisotopic (exact) mass is 177 g/mol. The molecular weight excluding hydrogens is 158 g/mol. The summed E-state index contributed by atoms with van der Waals surface area (Å²) in [4.78, 5) is 2.65. The van der Waals surface area contributed by atoms with Gasteiger partial charge in [-0.1, -0.05) is 0 Å². The molecule has 5 aliphatic rings. The maximum absolute atomic E-state index is 2.65. The molecule has 5 rings (SSSR count). The minimum absolute atomic E-state index is 0.743. The summed E-state index contributed by atoms with van der Waals surface area (Å²) in [6, 6.07) is 0. The molecule has 1 spiro atoms. The Morgan fingerprint density at radius 1 is 0.923 bits per heavy atom. The van der Waals surface area contributed by atoms with E-state index in [-0.39, 0.29) is 0 Å². The zero-order valence-corrected chi connectivity index (χ0v) is 8.50. The van der Waals surface area contributed by atoms with E-state index in [1.54, 1.807) is 32.1 Å². The van der Waals surface area contributed by atoms with Crippen molar-refractivity contribution in [2.24, 2.45) is 23.7 Å². The van der Waals surface area contributed by atoms with Gasteiger partial charge in [0.1, 0.15) is 0 Å². The number of likely N-dealkylation sites (N-methyl/N-ethyl adjacent to an activating group) is 1. The normalized spacial score (nSPS) is 67.6. The van der Waals surface area contributed by atoms with Gasteiger partial charge in [0.15, 0.2) is 0 Å². The van der Waals surface area contributed by atoms with E-state index < -0.39 is 0 Å². The van der Waals surface area contributed by atoms with Crippen molar-refractivity contribution in [3.63, 3.8) is 0 Å². The summed E-state index contributed by atoms with van der Waals surface area (Å²) in [6.45, 7) is 1.43. The molecule has 13 heavy (non-hydrogen) atoms. The van der Waals surface area contributed by atoms with Gasteiger partial charge in [-0.05, 0) is 62.8 Å². The van der Waals surface area contributed by atoms with Crippen molar-refractivity contribution in [3.8, 4) is 0 Å². The largest absolute Gasteiger partial charge is 0.297 e. The molecule has 4 bridgehead atoms. The number of hydrogen-bond donors (Lipinski definition) is 0. The summed E-state index contributed by atoms with van der Waals surface area (Å²) >= 11 is 0. The highest BCUT2D eigenvalue weighted by atomic mass is 15.4. The first-order valence-electron chi connectivity index (χ1n) is 6.00. The fourth-order valence-corrected chi connectivity index (χ4v) is 5.23. The van der Waals surface area contributed by atoms with Gasteiger partial charge in [0, 0.05) is 12.1 Å². The fraction of sp³-hybridized carbons (Fsp3) is 1.00. The Balaban J connectivity index is 1.75. The van der Waals surface area contributed by atoms with Crippen LogP contribution in [0.2, 0.25) is 0 Å². The highest BCUT2D eigenvalue weighted by Gasteiger charge is 2.66. The lowest BCUT2D eigenvalue weighted by atomic mass is 9.51. The van der Waals surface area contributed by atoms with Crippen LogP contribution in [0.15, 0.2) is 0 Å². The number of rotatable bonds is 0. The van der Waals surface area contributed by atoms with E-state index in [0.29, 0.717) is 0 Å². The minimum Gasteiger partial charge on any atom is -0.297 e. The Bertz CT molecular complexity index is 230. The summed E-state index contributed by atoms with van der Waals surface area (Å²) in [5, 5.41) is 0. The first-order valence-corrected chi connectivity index (χ1v) is 6.00. The molecule has 0 aromatic carbocycles. The predicted octanol–water partition coefficient (Wildman–Crippen LogP) is 2.13. The molecule has 1 atom stereocenters. The van der Waals surface area contributed by atoms with Gasteiger partial charge in [-0.2, -0.15) is 0 Å². The first-order chi connectivity index (χ1) is 6.29. The van der Waals surface area contributed by atoms with Crippen LogP contribution < -0.4 is 0 Å². The molecule has 1 unspecified atom stereocenters. The molecule has 0 radical (unpaired) electrons. The molecule has 5 fully saturated rings. The quantitative estimate of drug-likeness (QED) is 0.512. The lowest BCUT2D eigenvalue weighted by Crippen LogP contribution is -2.52. The van der Waals surface area contributed by atoms with Gasteiger partial charge < -0.3 is 0 Å². The summed E-state index contributed by atoms with van der Waals surface area (Å²) in [7, 11) is 2.35. The van der Waals surface area contributed by atoms with Gasteiger partial charge >= 0.3 is 0 Å². The van der Waals surface area contributed by atoms with Crippen molar-refractivity contribution in [2.75, 3.05) is 13.6 Å². The first kappa shape index (κ1) is 7.28. The van der Waals surface area contributed by atoms with Crippen LogP contribution in [-0.2, 0) is 0 Å². The molecule has 4 aliphatic carbocycles. The smallest absolute Gasteiger partial charge is 0.0390 e. The Hall–Kier alpha value is -0.0400. The van der Waals surface area contributed by atoms with Gasteiger partial charge in [-0.3, -0.25) is 4.90 Å². The van der Waals surface area contributed by atoms with Crippen LogP contribution in [0, 0.1) is 23.7 Å². The Morgan fingerprint density at radius 3 is 1.77 bits per heavy atom. The van der Waals surface area contributed by atoms with E-state index >= 15 is 0 Å². The topological polar surface area (TPSA) is 3.01 Å².